The van der Waals surface area contributed by atoms with Gasteiger partial charge in [-0.2, -0.15) is 11.8 Å². The Bertz CT molecular complexity index is 722. The summed E-state index contributed by atoms with van der Waals surface area (Å²) in [6.07, 6.45) is 1.15. The third kappa shape index (κ3) is 7.85. The maximum atomic E-state index is 12.3. The Morgan fingerprint density at radius 2 is 1.78 bits per heavy atom. The summed E-state index contributed by atoms with van der Waals surface area (Å²) in [5.41, 5.74) is 2.26. The van der Waals surface area contributed by atoms with Gasteiger partial charge in [0.05, 0.1) is 11.3 Å². The number of ether oxygens (including phenoxy) is 1. The molecule has 6 heteroatoms. The summed E-state index contributed by atoms with van der Waals surface area (Å²) in [4.78, 5) is 24.5. The number of benzene rings is 2. The third-order valence-corrected chi connectivity index (χ3v) is 4.87. The summed E-state index contributed by atoms with van der Waals surface area (Å²) in [6.45, 7) is 1.13. The molecule has 2 aromatic carbocycles. The fourth-order valence-electron chi connectivity index (χ4n) is 2.45. The second kappa shape index (κ2) is 12.1. The Hall–Kier alpha value is -2.31. The first-order chi connectivity index (χ1) is 13.2. The van der Waals surface area contributed by atoms with E-state index in [9.17, 15) is 9.59 Å². The predicted molar refractivity (Wildman–Crippen MR) is 111 cm³/mol. The molecule has 0 spiro atoms. The van der Waals surface area contributed by atoms with Gasteiger partial charge in [-0.1, -0.05) is 42.5 Å². The molecule has 2 aromatic rings. The van der Waals surface area contributed by atoms with Gasteiger partial charge in [-0.15, -0.1) is 0 Å². The fraction of sp³-hybridized carbons (Fsp3) is 0.333. The lowest BCUT2D eigenvalue weighted by molar-refractivity contribution is -0.115. The van der Waals surface area contributed by atoms with E-state index in [2.05, 4.69) is 22.8 Å². The molecule has 0 unspecified atom stereocenters. The van der Waals surface area contributed by atoms with Crippen molar-refractivity contribution in [2.45, 2.75) is 18.6 Å². The molecule has 0 saturated carbocycles. The normalized spacial score (nSPS) is 10.4. The van der Waals surface area contributed by atoms with Crippen LogP contribution in [0.2, 0.25) is 0 Å². The van der Waals surface area contributed by atoms with Crippen LogP contribution in [0.1, 0.15) is 28.8 Å². The average molecular weight is 387 g/mol. The van der Waals surface area contributed by atoms with Gasteiger partial charge in [0.1, 0.15) is 0 Å². The Labute approximate surface area is 164 Å². The Kier molecular flexibility index (Phi) is 9.44. The van der Waals surface area contributed by atoms with Crippen molar-refractivity contribution < 1.29 is 14.3 Å². The molecule has 5 nitrogen and oxygen atoms in total. The molecule has 0 heterocycles. The Morgan fingerprint density at radius 3 is 2.56 bits per heavy atom. The highest BCUT2D eigenvalue weighted by Gasteiger charge is 2.12. The molecule has 2 amide bonds. The van der Waals surface area contributed by atoms with Crippen LogP contribution in [0.3, 0.4) is 0 Å². The molecule has 0 saturated heterocycles. The lowest BCUT2D eigenvalue weighted by atomic mass is 10.1. The number of nitrogens with one attached hydrogen (secondary N) is 2. The topological polar surface area (TPSA) is 67.4 Å². The highest BCUT2D eigenvalue weighted by atomic mass is 32.2. The third-order valence-electron chi connectivity index (χ3n) is 3.84. The number of amides is 2. The molecule has 144 valence electrons. The number of hydrogen-bond donors (Lipinski definition) is 2. The van der Waals surface area contributed by atoms with E-state index >= 15 is 0 Å². The number of carbonyl (C=O) groups is 2. The van der Waals surface area contributed by atoms with Crippen molar-refractivity contribution in [1.82, 2.24) is 5.32 Å². The summed E-state index contributed by atoms with van der Waals surface area (Å²) >= 11 is 1.72. The summed E-state index contributed by atoms with van der Waals surface area (Å²) in [5.74, 6) is 1.33. The van der Waals surface area contributed by atoms with Gasteiger partial charge in [0, 0.05) is 38.2 Å². The number of rotatable bonds is 11. The Morgan fingerprint density at radius 1 is 1.04 bits per heavy atom. The molecule has 0 radical (unpaired) electrons. The number of thioether (sulfide) groups is 1. The van der Waals surface area contributed by atoms with Crippen LogP contribution in [-0.4, -0.2) is 37.8 Å². The molecule has 0 bridgehead atoms. The van der Waals surface area contributed by atoms with Crippen molar-refractivity contribution >= 4 is 29.3 Å². The molecule has 0 aliphatic carbocycles. The number of hydrogen-bond acceptors (Lipinski definition) is 4. The molecule has 2 rings (SSSR count). The van der Waals surface area contributed by atoms with Gasteiger partial charge in [0.15, 0.2) is 0 Å². The van der Waals surface area contributed by atoms with Gasteiger partial charge in [0.25, 0.3) is 5.91 Å². The minimum absolute atomic E-state index is 0.0878. The van der Waals surface area contributed by atoms with Crippen molar-refractivity contribution in [2.24, 2.45) is 0 Å². The number of para-hydroxylation sites is 1. The standard InChI is InChI=1S/C21H26N2O3S/c1-26-14-7-13-22-21(25)18-10-5-6-11-19(18)23-20(24)12-15-27-16-17-8-3-2-4-9-17/h2-6,8-11H,7,12-16H2,1H3,(H,22,25)(H,23,24). The zero-order chi connectivity index (χ0) is 19.3. The maximum Gasteiger partial charge on any atom is 0.253 e. The quantitative estimate of drug-likeness (QED) is 0.578. The van der Waals surface area contributed by atoms with Crippen LogP contribution in [0, 0.1) is 0 Å². The smallest absolute Gasteiger partial charge is 0.253 e. The van der Waals surface area contributed by atoms with Crippen LogP contribution in [0.4, 0.5) is 5.69 Å². The molecule has 0 fully saturated rings. The fourth-order valence-corrected chi connectivity index (χ4v) is 3.35. The van der Waals surface area contributed by atoms with Gasteiger partial charge in [0.2, 0.25) is 5.91 Å². The number of carbonyl (C=O) groups excluding carboxylic acids is 2. The van der Waals surface area contributed by atoms with Crippen LogP contribution in [0.15, 0.2) is 54.6 Å². The van der Waals surface area contributed by atoms with Crippen LogP contribution in [0.5, 0.6) is 0 Å². The summed E-state index contributed by atoms with van der Waals surface area (Å²) in [5, 5.41) is 5.70. The summed E-state index contributed by atoms with van der Waals surface area (Å²) in [7, 11) is 1.63. The highest BCUT2D eigenvalue weighted by molar-refractivity contribution is 7.98. The first-order valence-corrected chi connectivity index (χ1v) is 10.1. The van der Waals surface area contributed by atoms with Gasteiger partial charge in [-0.25, -0.2) is 0 Å². The molecule has 0 aliphatic rings. The van der Waals surface area contributed by atoms with E-state index in [-0.39, 0.29) is 11.8 Å². The predicted octanol–water partition coefficient (Wildman–Crippen LogP) is 3.71. The van der Waals surface area contributed by atoms with Gasteiger partial charge < -0.3 is 15.4 Å². The van der Waals surface area contributed by atoms with Crippen LogP contribution >= 0.6 is 11.8 Å². The van der Waals surface area contributed by atoms with E-state index < -0.39 is 0 Å². The maximum absolute atomic E-state index is 12.3. The zero-order valence-corrected chi connectivity index (χ0v) is 16.4. The highest BCUT2D eigenvalue weighted by Crippen LogP contribution is 2.17. The number of methoxy groups -OCH3 is 1. The lowest BCUT2D eigenvalue weighted by Crippen LogP contribution is -2.26. The van der Waals surface area contributed by atoms with Gasteiger partial charge >= 0.3 is 0 Å². The van der Waals surface area contributed by atoms with Crippen molar-refractivity contribution in [3.8, 4) is 0 Å². The average Bonchev–Trinajstić information content (AvgIpc) is 2.70. The molecule has 2 N–H and O–H groups in total. The molecule has 27 heavy (non-hydrogen) atoms. The van der Waals surface area contributed by atoms with E-state index in [0.717, 1.165) is 17.9 Å². The first-order valence-electron chi connectivity index (χ1n) is 8.98. The summed E-state index contributed by atoms with van der Waals surface area (Å²) < 4.78 is 4.97. The minimum atomic E-state index is -0.194. The first kappa shape index (κ1) is 21.0. The molecular weight excluding hydrogens is 360 g/mol. The van der Waals surface area contributed by atoms with Crippen molar-refractivity contribution in [3.63, 3.8) is 0 Å². The zero-order valence-electron chi connectivity index (χ0n) is 15.6. The largest absolute Gasteiger partial charge is 0.385 e. The van der Waals surface area contributed by atoms with Crippen molar-refractivity contribution in [1.29, 1.82) is 0 Å². The van der Waals surface area contributed by atoms with Crippen LogP contribution < -0.4 is 10.6 Å². The second-order valence-electron chi connectivity index (χ2n) is 5.98. The van der Waals surface area contributed by atoms with Gasteiger partial charge in [-0.3, -0.25) is 9.59 Å². The van der Waals surface area contributed by atoms with E-state index in [1.54, 1.807) is 37.1 Å². The minimum Gasteiger partial charge on any atom is -0.385 e. The molecular formula is C21H26N2O3S. The second-order valence-corrected chi connectivity index (χ2v) is 7.09. The van der Waals surface area contributed by atoms with Gasteiger partial charge in [-0.05, 0) is 24.1 Å². The van der Waals surface area contributed by atoms with E-state index in [1.807, 2.05) is 24.3 Å². The van der Waals surface area contributed by atoms with E-state index in [4.69, 9.17) is 4.74 Å². The number of anilines is 1. The van der Waals surface area contributed by atoms with Crippen molar-refractivity contribution in [2.75, 3.05) is 31.3 Å². The molecule has 0 aromatic heterocycles. The SMILES string of the molecule is COCCCNC(=O)c1ccccc1NC(=O)CCSCc1ccccc1. The van der Waals surface area contributed by atoms with E-state index in [0.29, 0.717) is 30.8 Å². The lowest BCUT2D eigenvalue weighted by Gasteiger charge is -2.11. The molecule has 0 aliphatic heterocycles. The molecule has 0 atom stereocenters. The Balaban J connectivity index is 1.78. The van der Waals surface area contributed by atoms with Crippen LogP contribution in [-0.2, 0) is 15.3 Å². The monoisotopic (exact) mass is 386 g/mol. The van der Waals surface area contributed by atoms with Crippen molar-refractivity contribution in [3.05, 3.63) is 65.7 Å². The van der Waals surface area contributed by atoms with Crippen LogP contribution in [0.25, 0.3) is 0 Å². The van der Waals surface area contributed by atoms with E-state index in [1.165, 1.54) is 5.56 Å². The summed E-state index contributed by atoms with van der Waals surface area (Å²) in [6, 6.07) is 17.2.